The molecule has 21 heavy (non-hydrogen) atoms. The summed E-state index contributed by atoms with van der Waals surface area (Å²) in [5, 5.41) is 0. The van der Waals surface area contributed by atoms with E-state index in [9.17, 15) is 0 Å². The Morgan fingerprint density at radius 2 is 1.33 bits per heavy atom. The van der Waals surface area contributed by atoms with Gasteiger partial charge in [-0.05, 0) is 11.1 Å². The number of hydrogen-bond acceptors (Lipinski definition) is 1. The smallest absolute Gasteiger partial charge is 0.108 e. The fourth-order valence-electron chi connectivity index (χ4n) is 3.02. The fourth-order valence-corrected chi connectivity index (χ4v) is 3.02. The van der Waals surface area contributed by atoms with Crippen LogP contribution in [0.5, 0.6) is 0 Å². The Bertz CT molecular complexity index is 493. The molecule has 2 aromatic rings. The highest BCUT2D eigenvalue weighted by Gasteiger charge is 2.24. The van der Waals surface area contributed by atoms with Crippen LogP contribution in [-0.2, 0) is 4.74 Å². The molecule has 2 nitrogen and oxygen atoms in total. The number of nitrogens with one attached hydrogen (secondary N) is 1. The van der Waals surface area contributed by atoms with Crippen molar-refractivity contribution in [2.75, 3.05) is 20.1 Å². The zero-order chi connectivity index (χ0) is 14.5. The van der Waals surface area contributed by atoms with Crippen molar-refractivity contribution in [2.24, 2.45) is 0 Å². The highest BCUT2D eigenvalue weighted by molar-refractivity contribution is 5.29. The molecule has 0 saturated carbocycles. The predicted octanol–water partition coefficient (Wildman–Crippen LogP) is 2.47. The van der Waals surface area contributed by atoms with E-state index in [4.69, 9.17) is 4.74 Å². The van der Waals surface area contributed by atoms with Gasteiger partial charge in [-0.2, -0.15) is 0 Å². The van der Waals surface area contributed by atoms with E-state index in [1.807, 2.05) is 0 Å². The van der Waals surface area contributed by atoms with Crippen LogP contribution < -0.4 is 4.90 Å². The van der Waals surface area contributed by atoms with Gasteiger partial charge in [0.2, 0.25) is 0 Å². The maximum absolute atomic E-state index is 6.50. The van der Waals surface area contributed by atoms with E-state index in [1.165, 1.54) is 24.2 Å². The zero-order valence-corrected chi connectivity index (χ0v) is 12.7. The first-order valence-electron chi connectivity index (χ1n) is 7.89. The standard InChI is InChI=1S/C19H23NO/c1-20-14-12-18(13-15-20)21-19(16-8-4-2-5-9-16)17-10-6-3-7-11-17/h2-11,18-19H,12-15H2,1H3/p+1. The molecule has 110 valence electrons. The Kier molecular flexibility index (Phi) is 4.69. The van der Waals surface area contributed by atoms with Gasteiger partial charge in [0.25, 0.3) is 0 Å². The van der Waals surface area contributed by atoms with Crippen molar-refractivity contribution in [3.8, 4) is 0 Å². The van der Waals surface area contributed by atoms with Gasteiger partial charge in [-0.25, -0.2) is 0 Å². The van der Waals surface area contributed by atoms with Crippen LogP contribution in [0.3, 0.4) is 0 Å². The van der Waals surface area contributed by atoms with Gasteiger partial charge < -0.3 is 9.64 Å². The predicted molar refractivity (Wildman–Crippen MR) is 85.5 cm³/mol. The third kappa shape index (κ3) is 3.72. The summed E-state index contributed by atoms with van der Waals surface area (Å²) in [6, 6.07) is 21.1. The summed E-state index contributed by atoms with van der Waals surface area (Å²) < 4.78 is 6.50. The minimum atomic E-state index is 0.0517. The number of benzene rings is 2. The fraction of sp³-hybridized carbons (Fsp3) is 0.368. The van der Waals surface area contributed by atoms with Crippen molar-refractivity contribution >= 4 is 0 Å². The van der Waals surface area contributed by atoms with Crippen LogP contribution in [0.2, 0.25) is 0 Å². The second-order valence-corrected chi connectivity index (χ2v) is 5.99. The van der Waals surface area contributed by atoms with Crippen LogP contribution in [0.25, 0.3) is 0 Å². The van der Waals surface area contributed by atoms with Crippen LogP contribution in [-0.4, -0.2) is 26.2 Å². The first kappa shape index (κ1) is 14.3. The van der Waals surface area contributed by atoms with Gasteiger partial charge in [-0.3, -0.25) is 0 Å². The van der Waals surface area contributed by atoms with Crippen LogP contribution >= 0.6 is 0 Å². The number of likely N-dealkylation sites (tertiary alicyclic amines) is 1. The molecule has 1 fully saturated rings. The normalized spacial score (nSPS) is 22.4. The van der Waals surface area contributed by atoms with Crippen LogP contribution in [0, 0.1) is 0 Å². The molecule has 1 aliphatic rings. The van der Waals surface area contributed by atoms with E-state index < -0.39 is 0 Å². The number of quaternary nitrogens is 1. The molecular weight excluding hydrogens is 258 g/mol. The molecule has 0 amide bonds. The van der Waals surface area contributed by atoms with Gasteiger partial charge in [0, 0.05) is 12.8 Å². The molecule has 0 aliphatic carbocycles. The van der Waals surface area contributed by atoms with Gasteiger partial charge in [0.1, 0.15) is 6.10 Å². The van der Waals surface area contributed by atoms with Crippen LogP contribution in [0.1, 0.15) is 30.1 Å². The van der Waals surface area contributed by atoms with Crippen molar-refractivity contribution in [3.63, 3.8) is 0 Å². The quantitative estimate of drug-likeness (QED) is 0.909. The lowest BCUT2D eigenvalue weighted by Gasteiger charge is -2.30. The second-order valence-electron chi connectivity index (χ2n) is 5.99. The summed E-state index contributed by atoms with van der Waals surface area (Å²) in [5.41, 5.74) is 2.49. The largest absolute Gasteiger partial charge is 0.365 e. The molecule has 0 bridgehead atoms. The van der Waals surface area contributed by atoms with E-state index in [1.54, 1.807) is 4.90 Å². The van der Waals surface area contributed by atoms with Gasteiger partial charge in [-0.1, -0.05) is 60.7 Å². The average Bonchev–Trinajstić information content (AvgIpc) is 2.56. The summed E-state index contributed by atoms with van der Waals surface area (Å²) >= 11 is 0. The Hall–Kier alpha value is -1.64. The lowest BCUT2D eigenvalue weighted by Crippen LogP contribution is -3.10. The number of piperidine rings is 1. The molecule has 0 atom stereocenters. The van der Waals surface area contributed by atoms with Crippen LogP contribution in [0.4, 0.5) is 0 Å². The molecule has 2 heteroatoms. The molecule has 2 aromatic carbocycles. The van der Waals surface area contributed by atoms with E-state index in [0.29, 0.717) is 6.10 Å². The monoisotopic (exact) mass is 282 g/mol. The lowest BCUT2D eigenvalue weighted by atomic mass is 10.00. The molecule has 0 radical (unpaired) electrons. The average molecular weight is 282 g/mol. The first-order chi connectivity index (χ1) is 10.3. The molecule has 0 unspecified atom stereocenters. The molecule has 1 saturated heterocycles. The van der Waals surface area contributed by atoms with Crippen LogP contribution in [0.15, 0.2) is 60.7 Å². The minimum Gasteiger partial charge on any atom is -0.365 e. The van der Waals surface area contributed by atoms with E-state index in [2.05, 4.69) is 67.7 Å². The van der Waals surface area contributed by atoms with E-state index >= 15 is 0 Å². The summed E-state index contributed by atoms with van der Waals surface area (Å²) in [7, 11) is 2.27. The Morgan fingerprint density at radius 1 is 0.857 bits per heavy atom. The number of ether oxygens (including phenoxy) is 1. The van der Waals surface area contributed by atoms with Gasteiger partial charge >= 0.3 is 0 Å². The molecule has 1 N–H and O–H groups in total. The second kappa shape index (κ2) is 6.88. The van der Waals surface area contributed by atoms with Crippen molar-refractivity contribution in [1.29, 1.82) is 0 Å². The highest BCUT2D eigenvalue weighted by atomic mass is 16.5. The Labute approximate surface area is 127 Å². The summed E-state index contributed by atoms with van der Waals surface area (Å²) in [6.45, 7) is 2.42. The summed E-state index contributed by atoms with van der Waals surface area (Å²) in [5.74, 6) is 0. The van der Waals surface area contributed by atoms with Crippen molar-refractivity contribution in [2.45, 2.75) is 25.0 Å². The van der Waals surface area contributed by atoms with Gasteiger partial charge in [-0.15, -0.1) is 0 Å². The minimum absolute atomic E-state index is 0.0517. The van der Waals surface area contributed by atoms with Gasteiger partial charge in [0.05, 0.1) is 26.2 Å². The first-order valence-corrected chi connectivity index (χ1v) is 7.89. The number of rotatable bonds is 4. The Morgan fingerprint density at radius 3 is 1.81 bits per heavy atom. The molecular formula is C19H24NO+. The van der Waals surface area contributed by atoms with Crippen molar-refractivity contribution < 1.29 is 9.64 Å². The number of hydrogen-bond donors (Lipinski definition) is 1. The van der Waals surface area contributed by atoms with Crippen molar-refractivity contribution in [1.82, 2.24) is 0 Å². The van der Waals surface area contributed by atoms with E-state index in [0.717, 1.165) is 12.8 Å². The highest BCUT2D eigenvalue weighted by Crippen LogP contribution is 2.28. The molecule has 0 spiro atoms. The maximum atomic E-state index is 6.50. The lowest BCUT2D eigenvalue weighted by molar-refractivity contribution is -0.885. The molecule has 1 heterocycles. The topological polar surface area (TPSA) is 13.7 Å². The molecule has 3 rings (SSSR count). The molecule has 1 aliphatic heterocycles. The summed E-state index contributed by atoms with van der Waals surface area (Å²) in [6.07, 6.45) is 2.74. The van der Waals surface area contributed by atoms with E-state index in [-0.39, 0.29) is 6.10 Å². The summed E-state index contributed by atoms with van der Waals surface area (Å²) in [4.78, 5) is 1.62. The van der Waals surface area contributed by atoms with Crippen molar-refractivity contribution in [3.05, 3.63) is 71.8 Å². The zero-order valence-electron chi connectivity index (χ0n) is 12.7. The third-order valence-electron chi connectivity index (χ3n) is 4.32. The Balaban J connectivity index is 1.80. The third-order valence-corrected chi connectivity index (χ3v) is 4.32. The molecule has 0 aromatic heterocycles. The van der Waals surface area contributed by atoms with Gasteiger partial charge in [0.15, 0.2) is 0 Å². The maximum Gasteiger partial charge on any atom is 0.108 e. The SMILES string of the molecule is C[NH+]1CCC(OC(c2ccccc2)c2ccccc2)CC1.